The number of hydrogen-bond acceptors (Lipinski definition) is 7. The SMILES string of the molecule is CC1(C)C2=CN=C(NC3CCOCC3)NC2CN1C(=O)NNCc1ccc(Cl)cn1. The van der Waals surface area contributed by atoms with Gasteiger partial charge >= 0.3 is 6.03 Å². The molecule has 0 saturated carbocycles. The van der Waals surface area contributed by atoms with E-state index in [0.717, 1.165) is 43.3 Å². The zero-order valence-corrected chi connectivity index (χ0v) is 18.0. The molecular weight excluding hydrogens is 406 g/mol. The molecule has 1 aromatic rings. The van der Waals surface area contributed by atoms with Gasteiger partial charge in [0.2, 0.25) is 0 Å². The second-order valence-corrected chi connectivity index (χ2v) is 8.65. The van der Waals surface area contributed by atoms with Gasteiger partial charge in [0.05, 0.1) is 28.8 Å². The number of pyridine rings is 1. The van der Waals surface area contributed by atoms with Crippen molar-refractivity contribution in [1.29, 1.82) is 0 Å². The predicted octanol–water partition coefficient (Wildman–Crippen LogP) is 1.52. The number of rotatable bonds is 4. The van der Waals surface area contributed by atoms with Crippen LogP contribution in [-0.4, -0.2) is 59.3 Å². The number of carbonyl (C=O) groups is 1. The lowest BCUT2D eigenvalue weighted by Gasteiger charge is -2.32. The summed E-state index contributed by atoms with van der Waals surface area (Å²) >= 11 is 5.85. The molecule has 0 spiro atoms. The Morgan fingerprint density at radius 2 is 2.17 bits per heavy atom. The number of ether oxygens (including phenoxy) is 1. The van der Waals surface area contributed by atoms with Crippen LogP contribution in [0.25, 0.3) is 0 Å². The number of aromatic nitrogens is 1. The lowest BCUT2D eigenvalue weighted by molar-refractivity contribution is 0.0822. The van der Waals surface area contributed by atoms with Crippen molar-refractivity contribution in [2.24, 2.45) is 4.99 Å². The number of fused-ring (bicyclic) bond motifs is 1. The number of carbonyl (C=O) groups excluding carboxylic acids is 1. The molecule has 162 valence electrons. The van der Waals surface area contributed by atoms with E-state index in [4.69, 9.17) is 16.3 Å². The molecule has 4 rings (SSSR count). The summed E-state index contributed by atoms with van der Waals surface area (Å²) in [5, 5.41) is 7.50. The number of guanidine groups is 1. The van der Waals surface area contributed by atoms with E-state index in [9.17, 15) is 4.79 Å². The summed E-state index contributed by atoms with van der Waals surface area (Å²) in [6.45, 7) is 6.58. The number of amides is 2. The third-order valence-electron chi connectivity index (χ3n) is 5.83. The summed E-state index contributed by atoms with van der Waals surface area (Å²) < 4.78 is 5.41. The molecule has 3 aliphatic heterocycles. The van der Waals surface area contributed by atoms with Crippen LogP contribution in [0.5, 0.6) is 0 Å². The highest BCUT2D eigenvalue weighted by molar-refractivity contribution is 6.30. The summed E-state index contributed by atoms with van der Waals surface area (Å²) in [7, 11) is 0. The quantitative estimate of drug-likeness (QED) is 0.537. The van der Waals surface area contributed by atoms with Crippen LogP contribution in [0, 0.1) is 0 Å². The summed E-state index contributed by atoms with van der Waals surface area (Å²) in [6.07, 6.45) is 5.41. The highest BCUT2D eigenvalue weighted by Gasteiger charge is 2.47. The van der Waals surface area contributed by atoms with Crippen LogP contribution in [0.4, 0.5) is 4.79 Å². The number of nitrogens with zero attached hydrogens (tertiary/aromatic N) is 3. The van der Waals surface area contributed by atoms with Crippen molar-refractivity contribution in [3.63, 3.8) is 0 Å². The second-order valence-electron chi connectivity index (χ2n) is 8.21. The molecule has 10 heteroatoms. The molecule has 2 fully saturated rings. The molecule has 3 aliphatic rings. The van der Waals surface area contributed by atoms with Crippen LogP contribution in [0.1, 0.15) is 32.4 Å². The van der Waals surface area contributed by atoms with E-state index < -0.39 is 5.54 Å². The molecule has 1 aromatic heterocycles. The Labute approximate surface area is 181 Å². The zero-order chi connectivity index (χ0) is 21.1. The summed E-state index contributed by atoms with van der Waals surface area (Å²) in [4.78, 5) is 23.4. The Bertz CT molecular complexity index is 834. The van der Waals surface area contributed by atoms with E-state index in [1.165, 1.54) is 0 Å². The maximum Gasteiger partial charge on any atom is 0.332 e. The van der Waals surface area contributed by atoms with Crippen molar-refractivity contribution in [2.45, 2.75) is 50.9 Å². The van der Waals surface area contributed by atoms with Gasteiger partial charge in [0.15, 0.2) is 5.96 Å². The van der Waals surface area contributed by atoms with Crippen LogP contribution in [0.3, 0.4) is 0 Å². The lowest BCUT2D eigenvalue weighted by atomic mass is 9.93. The molecule has 1 atom stereocenters. The molecule has 0 bridgehead atoms. The molecule has 30 heavy (non-hydrogen) atoms. The maximum absolute atomic E-state index is 12.8. The average molecular weight is 434 g/mol. The Morgan fingerprint density at radius 1 is 1.37 bits per heavy atom. The Hall–Kier alpha value is -2.36. The van der Waals surface area contributed by atoms with Crippen molar-refractivity contribution in [3.05, 3.63) is 40.8 Å². The number of urea groups is 1. The first-order valence-electron chi connectivity index (χ1n) is 10.2. The molecule has 1 unspecified atom stereocenters. The first kappa shape index (κ1) is 20.9. The van der Waals surface area contributed by atoms with Gasteiger partial charge < -0.3 is 20.3 Å². The Balaban J connectivity index is 1.32. The van der Waals surface area contributed by atoms with E-state index in [0.29, 0.717) is 24.2 Å². The topological polar surface area (TPSA) is 103 Å². The summed E-state index contributed by atoms with van der Waals surface area (Å²) in [6, 6.07) is 3.79. The number of hydrogen-bond donors (Lipinski definition) is 4. The molecule has 4 N–H and O–H groups in total. The molecule has 9 nitrogen and oxygen atoms in total. The number of likely N-dealkylation sites (tertiary alicyclic amines) is 1. The zero-order valence-electron chi connectivity index (χ0n) is 17.2. The Morgan fingerprint density at radius 3 is 2.90 bits per heavy atom. The van der Waals surface area contributed by atoms with Gasteiger partial charge in [-0.2, -0.15) is 0 Å². The van der Waals surface area contributed by atoms with Crippen LogP contribution < -0.4 is 21.5 Å². The van der Waals surface area contributed by atoms with E-state index in [-0.39, 0.29) is 12.1 Å². The first-order valence-corrected chi connectivity index (χ1v) is 10.6. The highest BCUT2D eigenvalue weighted by atomic mass is 35.5. The maximum atomic E-state index is 12.8. The van der Waals surface area contributed by atoms with Gasteiger partial charge in [-0.3, -0.25) is 10.4 Å². The molecule has 0 aromatic carbocycles. The normalized spacial score (nSPS) is 23.2. The summed E-state index contributed by atoms with van der Waals surface area (Å²) in [5.74, 6) is 0.764. The third kappa shape index (κ3) is 4.53. The Kier molecular flexibility index (Phi) is 6.12. The number of nitrogens with one attached hydrogen (secondary N) is 4. The van der Waals surface area contributed by atoms with Gasteiger partial charge in [0.25, 0.3) is 0 Å². The molecular formula is C20H28ClN7O2. The fraction of sp³-hybridized carbons (Fsp3) is 0.550. The van der Waals surface area contributed by atoms with Crippen LogP contribution in [0.15, 0.2) is 35.1 Å². The van der Waals surface area contributed by atoms with Crippen molar-refractivity contribution in [2.75, 3.05) is 19.8 Å². The largest absolute Gasteiger partial charge is 0.381 e. The minimum atomic E-state index is -0.449. The van der Waals surface area contributed by atoms with Crippen molar-refractivity contribution < 1.29 is 9.53 Å². The summed E-state index contributed by atoms with van der Waals surface area (Å²) in [5.41, 5.74) is 7.14. The second kappa shape index (κ2) is 8.79. The minimum absolute atomic E-state index is 0.0310. The van der Waals surface area contributed by atoms with E-state index in [1.807, 2.05) is 31.0 Å². The standard InChI is InChI=1S/C20H28ClN7O2/c1-20(2)16-11-23-18(25-14-5-7-30-8-6-14)26-17(16)12-28(20)19(29)27-24-10-15-4-3-13(21)9-22-15/h3-4,9,11,14,17,24H,5-8,10,12H2,1-2H3,(H,27,29)(H2,23,25,26). The van der Waals surface area contributed by atoms with E-state index in [1.54, 1.807) is 12.3 Å². The van der Waals surface area contributed by atoms with Crippen LogP contribution in [0.2, 0.25) is 5.02 Å². The third-order valence-corrected chi connectivity index (χ3v) is 6.05. The average Bonchev–Trinajstić information content (AvgIpc) is 3.00. The van der Waals surface area contributed by atoms with Gasteiger partial charge in [-0.25, -0.2) is 15.2 Å². The highest BCUT2D eigenvalue weighted by Crippen LogP contribution is 2.35. The van der Waals surface area contributed by atoms with Crippen LogP contribution >= 0.6 is 11.6 Å². The van der Waals surface area contributed by atoms with Gasteiger partial charge in [-0.1, -0.05) is 11.6 Å². The van der Waals surface area contributed by atoms with Crippen molar-refractivity contribution >= 4 is 23.6 Å². The minimum Gasteiger partial charge on any atom is -0.381 e. The van der Waals surface area contributed by atoms with Gasteiger partial charge in [0, 0.05) is 38.2 Å². The molecule has 2 saturated heterocycles. The number of hydrazine groups is 1. The monoisotopic (exact) mass is 433 g/mol. The van der Waals surface area contributed by atoms with Gasteiger partial charge in [0.1, 0.15) is 0 Å². The molecule has 0 aliphatic carbocycles. The first-order chi connectivity index (χ1) is 14.4. The lowest BCUT2D eigenvalue weighted by Crippen LogP contribution is -2.52. The van der Waals surface area contributed by atoms with E-state index >= 15 is 0 Å². The van der Waals surface area contributed by atoms with Crippen molar-refractivity contribution in [3.8, 4) is 0 Å². The van der Waals surface area contributed by atoms with Gasteiger partial charge in [-0.05, 0) is 44.4 Å². The van der Waals surface area contributed by atoms with Gasteiger partial charge in [-0.15, -0.1) is 0 Å². The fourth-order valence-electron chi connectivity index (χ4n) is 4.04. The van der Waals surface area contributed by atoms with Crippen molar-refractivity contribution in [1.82, 2.24) is 31.4 Å². The molecule has 0 radical (unpaired) electrons. The number of aliphatic imine (C=N–C) groups is 1. The predicted molar refractivity (Wildman–Crippen MR) is 115 cm³/mol. The smallest absolute Gasteiger partial charge is 0.332 e. The molecule has 4 heterocycles. The number of halogens is 1. The fourth-order valence-corrected chi connectivity index (χ4v) is 4.15. The van der Waals surface area contributed by atoms with Crippen LogP contribution in [-0.2, 0) is 11.3 Å². The molecule has 2 amide bonds. The van der Waals surface area contributed by atoms with E-state index in [2.05, 4.69) is 31.5 Å².